The minimum absolute atomic E-state index is 0. The monoisotopic (exact) mass is 443 g/mol. The smallest absolute Gasteiger partial charge is 0.743 e. The van der Waals surface area contributed by atoms with Gasteiger partial charge in [-0.3, -0.25) is 4.90 Å². The Hall–Kier alpha value is -2.49. The van der Waals surface area contributed by atoms with Crippen LogP contribution in [0.4, 0.5) is 11.4 Å². The van der Waals surface area contributed by atoms with Crippen LogP contribution in [-0.2, 0) is 10.1 Å². The first kappa shape index (κ1) is 23.2. The molecule has 0 bridgehead atoms. The van der Waals surface area contributed by atoms with E-state index >= 15 is 0 Å². The van der Waals surface area contributed by atoms with Crippen LogP contribution in [0.15, 0.2) is 83.7 Å². The van der Waals surface area contributed by atoms with Gasteiger partial charge in [0.1, 0.15) is 20.8 Å². The summed E-state index contributed by atoms with van der Waals surface area (Å²) in [5, 5.41) is -0.374. The molecule has 0 radical (unpaired) electrons. The summed E-state index contributed by atoms with van der Waals surface area (Å²) in [5.41, 5.74) is 1.67. The van der Waals surface area contributed by atoms with Crippen LogP contribution in [0.1, 0.15) is 13.8 Å². The zero-order valence-corrected chi connectivity index (χ0v) is 20.1. The molecule has 2 heterocycles. The van der Waals surface area contributed by atoms with Crippen molar-refractivity contribution in [3.8, 4) is 22.9 Å². The maximum atomic E-state index is 12.5. The van der Waals surface area contributed by atoms with E-state index in [4.69, 9.17) is 4.74 Å². The number of allylic oxidation sites excluding steroid dienone is 3. The summed E-state index contributed by atoms with van der Waals surface area (Å²) in [6.45, 7) is 3.34. The van der Waals surface area contributed by atoms with Crippen molar-refractivity contribution in [3.63, 3.8) is 0 Å². The van der Waals surface area contributed by atoms with E-state index in [2.05, 4.69) is 9.97 Å². The number of aromatic nitrogens is 2. The molecule has 0 saturated carbocycles. The molecular weight excluding hydrogens is 425 g/mol. The molecule has 3 aromatic rings. The first-order chi connectivity index (χ1) is 14.4. The van der Waals surface area contributed by atoms with Crippen molar-refractivity contribution < 1.29 is 47.3 Å². The number of rotatable bonds is 4. The van der Waals surface area contributed by atoms with Crippen molar-refractivity contribution in [2.75, 3.05) is 4.90 Å². The molecule has 1 aromatic heterocycles. The molecule has 1 aliphatic heterocycles. The largest absolute Gasteiger partial charge is 1.00 e. The van der Waals surface area contributed by atoms with Crippen molar-refractivity contribution in [2.45, 2.75) is 13.8 Å². The predicted octanol–water partition coefficient (Wildman–Crippen LogP) is 1.74. The molecule has 0 fully saturated rings. The number of ether oxygens (including phenoxy) is 1. The van der Waals surface area contributed by atoms with Gasteiger partial charge in [0.15, 0.2) is 17.3 Å². The molecular formula is C22H18N3NaO4S. The molecule has 0 spiro atoms. The first-order valence-corrected chi connectivity index (χ1v) is 10.6. The third kappa shape index (κ3) is 4.44. The summed E-state index contributed by atoms with van der Waals surface area (Å²) in [6.07, 6.45) is 6.45. The van der Waals surface area contributed by atoms with Gasteiger partial charge in [0.2, 0.25) is 0 Å². The van der Waals surface area contributed by atoms with E-state index in [1.165, 1.54) is 4.90 Å². The minimum Gasteiger partial charge on any atom is -0.743 e. The standard InChI is InChI=1S/C22H19N3O4S.Na/c1-3-8-15(2)22(30(26,27)28)25-17-10-4-5-11-18(17)29-19-12-6-9-16(20(19)25)21-23-13-7-14-24-21;/h3-14H,1-2H3,(H,26,27,28);/q;+1/p-1. The second kappa shape index (κ2) is 9.33. The van der Waals surface area contributed by atoms with Crippen molar-refractivity contribution >= 4 is 21.5 Å². The fraction of sp³-hybridized carbons (Fsp3) is 0.0909. The fourth-order valence-corrected chi connectivity index (χ4v) is 4.31. The molecule has 4 rings (SSSR count). The quantitative estimate of drug-likeness (QED) is 0.344. The predicted molar refractivity (Wildman–Crippen MR) is 113 cm³/mol. The third-order valence-electron chi connectivity index (χ3n) is 4.55. The summed E-state index contributed by atoms with van der Waals surface area (Å²) >= 11 is 0. The summed E-state index contributed by atoms with van der Waals surface area (Å²) < 4.78 is 43.4. The van der Waals surface area contributed by atoms with Gasteiger partial charge in [0.05, 0.1) is 5.69 Å². The Bertz CT molecular complexity index is 1270. The Labute approximate surface area is 203 Å². The Morgan fingerprint density at radius 1 is 1.03 bits per heavy atom. The fourth-order valence-electron chi connectivity index (χ4n) is 3.44. The molecule has 0 saturated heterocycles. The Morgan fingerprint density at radius 3 is 2.39 bits per heavy atom. The molecule has 152 valence electrons. The van der Waals surface area contributed by atoms with Crippen molar-refractivity contribution in [3.05, 3.63) is 83.7 Å². The third-order valence-corrected chi connectivity index (χ3v) is 5.53. The zero-order chi connectivity index (χ0) is 21.3. The Balaban J connectivity index is 0.00000272. The number of anilines is 2. The molecule has 0 amide bonds. The topological polar surface area (TPSA) is 95.5 Å². The van der Waals surface area contributed by atoms with Crippen LogP contribution in [-0.4, -0.2) is 22.9 Å². The zero-order valence-electron chi connectivity index (χ0n) is 17.3. The van der Waals surface area contributed by atoms with Gasteiger partial charge in [0, 0.05) is 18.0 Å². The number of para-hydroxylation sites is 3. The maximum Gasteiger partial charge on any atom is 1.00 e. The van der Waals surface area contributed by atoms with Crippen molar-refractivity contribution in [1.29, 1.82) is 0 Å². The Kier molecular flexibility index (Phi) is 6.98. The van der Waals surface area contributed by atoms with Gasteiger partial charge < -0.3 is 9.29 Å². The summed E-state index contributed by atoms with van der Waals surface area (Å²) in [4.78, 5) is 10.0. The van der Waals surface area contributed by atoms with Crippen LogP contribution in [0.5, 0.6) is 11.5 Å². The molecule has 0 atom stereocenters. The van der Waals surface area contributed by atoms with Crippen LogP contribution >= 0.6 is 0 Å². The van der Waals surface area contributed by atoms with Crippen LogP contribution in [0.2, 0.25) is 0 Å². The van der Waals surface area contributed by atoms with Gasteiger partial charge in [-0.1, -0.05) is 30.4 Å². The number of hydrogen-bond donors (Lipinski definition) is 0. The molecule has 1 aliphatic rings. The normalized spacial score (nSPS) is 13.6. The summed E-state index contributed by atoms with van der Waals surface area (Å²) in [5.74, 6) is 1.22. The van der Waals surface area contributed by atoms with Crippen LogP contribution < -0.4 is 39.2 Å². The van der Waals surface area contributed by atoms with E-state index in [0.29, 0.717) is 39.8 Å². The van der Waals surface area contributed by atoms with Crippen LogP contribution in [0, 0.1) is 0 Å². The van der Waals surface area contributed by atoms with Crippen LogP contribution in [0.25, 0.3) is 11.4 Å². The first-order valence-electron chi connectivity index (χ1n) is 9.18. The van der Waals surface area contributed by atoms with Crippen LogP contribution in [0.3, 0.4) is 0 Å². The van der Waals surface area contributed by atoms with E-state index < -0.39 is 10.1 Å². The van der Waals surface area contributed by atoms with Crippen molar-refractivity contribution in [2.24, 2.45) is 0 Å². The van der Waals surface area contributed by atoms with Gasteiger partial charge >= 0.3 is 29.6 Å². The van der Waals surface area contributed by atoms with Gasteiger partial charge in [0.25, 0.3) is 0 Å². The van der Waals surface area contributed by atoms with E-state index in [-0.39, 0.29) is 34.6 Å². The minimum atomic E-state index is -4.86. The molecule has 0 unspecified atom stereocenters. The van der Waals surface area contributed by atoms with E-state index in [1.54, 1.807) is 86.9 Å². The second-order valence-electron chi connectivity index (χ2n) is 6.57. The van der Waals surface area contributed by atoms with E-state index in [1.807, 2.05) is 0 Å². The average Bonchev–Trinajstić information content (AvgIpc) is 2.73. The number of nitrogens with zero attached hydrogens (tertiary/aromatic N) is 3. The number of benzene rings is 2. The number of hydrogen-bond acceptors (Lipinski definition) is 7. The van der Waals surface area contributed by atoms with E-state index in [9.17, 15) is 13.0 Å². The molecule has 7 nitrogen and oxygen atoms in total. The average molecular weight is 443 g/mol. The SMILES string of the molecule is CC=CC(C)=C(N1c2ccccc2Oc2cccc(-c3ncccn3)c21)S(=O)(=O)[O-].[Na+]. The second-order valence-corrected chi connectivity index (χ2v) is 7.87. The van der Waals surface area contributed by atoms with Gasteiger partial charge in [-0.2, -0.15) is 0 Å². The molecule has 0 aliphatic carbocycles. The molecule has 31 heavy (non-hydrogen) atoms. The summed E-state index contributed by atoms with van der Waals surface area (Å²) in [7, 11) is -4.86. The van der Waals surface area contributed by atoms with Gasteiger partial charge in [-0.25, -0.2) is 18.4 Å². The Morgan fingerprint density at radius 2 is 1.71 bits per heavy atom. The number of fused-ring (bicyclic) bond motifs is 2. The molecule has 0 N–H and O–H groups in total. The maximum absolute atomic E-state index is 12.5. The van der Waals surface area contributed by atoms with Crippen molar-refractivity contribution in [1.82, 2.24) is 9.97 Å². The molecule has 9 heteroatoms. The van der Waals surface area contributed by atoms with Gasteiger partial charge in [-0.05, 0) is 49.8 Å². The molecule has 2 aromatic carbocycles. The van der Waals surface area contributed by atoms with E-state index in [0.717, 1.165) is 0 Å². The summed E-state index contributed by atoms with van der Waals surface area (Å²) in [6, 6.07) is 13.9. The van der Waals surface area contributed by atoms with Gasteiger partial charge in [-0.15, -0.1) is 0 Å².